The molecular weight excluding hydrogens is 178 g/mol. The molecule has 14 heavy (non-hydrogen) atoms. The third-order valence-electron chi connectivity index (χ3n) is 1.96. The summed E-state index contributed by atoms with van der Waals surface area (Å²) < 4.78 is 0. The van der Waals surface area contributed by atoms with Gasteiger partial charge in [0.05, 0.1) is 5.69 Å². The summed E-state index contributed by atoms with van der Waals surface area (Å²) in [7, 11) is 0. The van der Waals surface area contributed by atoms with E-state index < -0.39 is 0 Å². The van der Waals surface area contributed by atoms with Crippen LogP contribution >= 0.6 is 0 Å². The summed E-state index contributed by atoms with van der Waals surface area (Å²) in [5.74, 6) is 0.0536. The molecule has 0 spiro atoms. The van der Waals surface area contributed by atoms with Crippen LogP contribution in [0.5, 0.6) is 0 Å². The Kier molecular flexibility index (Phi) is 1.85. The van der Waals surface area contributed by atoms with Gasteiger partial charge in [0.2, 0.25) is 0 Å². The van der Waals surface area contributed by atoms with Crippen LogP contribution in [0.4, 0.5) is 5.69 Å². The molecule has 0 aliphatic rings. The molecule has 0 aliphatic heterocycles. The fourth-order valence-electron chi connectivity index (χ4n) is 1.41. The minimum absolute atomic E-state index is 0.0536. The van der Waals surface area contributed by atoms with E-state index in [1.54, 1.807) is 6.20 Å². The summed E-state index contributed by atoms with van der Waals surface area (Å²) in [6.07, 6.45) is 1.72. The van der Waals surface area contributed by atoms with Crippen molar-refractivity contribution >= 4 is 22.7 Å². The standard InChI is InChI=1S/C9H11N5/c1-5-7(14-9(10)11)6-3-2-4-12-8(6)13-5/h2-4H,1H3,(H,12,13)(H4,10,11,14). The van der Waals surface area contributed by atoms with Crippen LogP contribution in [0.25, 0.3) is 11.0 Å². The predicted octanol–water partition coefficient (Wildman–Crippen LogP) is 0.776. The Labute approximate surface area is 80.8 Å². The van der Waals surface area contributed by atoms with Crippen LogP contribution in [-0.4, -0.2) is 15.9 Å². The first-order chi connectivity index (χ1) is 6.68. The molecule has 0 aliphatic carbocycles. The van der Waals surface area contributed by atoms with E-state index in [1.807, 2.05) is 19.1 Å². The van der Waals surface area contributed by atoms with E-state index in [-0.39, 0.29) is 5.96 Å². The van der Waals surface area contributed by atoms with Gasteiger partial charge in [-0.1, -0.05) is 0 Å². The van der Waals surface area contributed by atoms with Crippen LogP contribution in [0.3, 0.4) is 0 Å². The molecule has 0 bridgehead atoms. The van der Waals surface area contributed by atoms with Gasteiger partial charge >= 0.3 is 0 Å². The zero-order valence-electron chi connectivity index (χ0n) is 7.78. The number of aryl methyl sites for hydroxylation is 1. The highest BCUT2D eigenvalue weighted by Crippen LogP contribution is 2.27. The van der Waals surface area contributed by atoms with Gasteiger partial charge in [-0.15, -0.1) is 0 Å². The Balaban J connectivity index is 2.74. The zero-order valence-corrected chi connectivity index (χ0v) is 7.78. The lowest BCUT2D eigenvalue weighted by Crippen LogP contribution is -2.21. The molecule has 0 fully saturated rings. The first kappa shape index (κ1) is 8.55. The number of pyridine rings is 1. The Morgan fingerprint density at radius 2 is 2.29 bits per heavy atom. The van der Waals surface area contributed by atoms with Crippen molar-refractivity contribution in [2.75, 3.05) is 0 Å². The normalized spacial score (nSPS) is 10.4. The molecule has 2 aromatic rings. The van der Waals surface area contributed by atoms with Crippen LogP contribution in [0.2, 0.25) is 0 Å². The number of aliphatic imine (C=N–C) groups is 1. The summed E-state index contributed by atoms with van der Waals surface area (Å²) in [4.78, 5) is 11.3. The second-order valence-corrected chi connectivity index (χ2v) is 3.03. The van der Waals surface area contributed by atoms with Crippen LogP contribution in [-0.2, 0) is 0 Å². The fourth-order valence-corrected chi connectivity index (χ4v) is 1.41. The summed E-state index contributed by atoms with van der Waals surface area (Å²) in [6.45, 7) is 1.91. The van der Waals surface area contributed by atoms with Crippen LogP contribution in [0.1, 0.15) is 5.69 Å². The lowest BCUT2D eigenvalue weighted by Gasteiger charge is -1.93. The lowest BCUT2D eigenvalue weighted by atomic mass is 10.3. The molecule has 2 aromatic heterocycles. The highest BCUT2D eigenvalue weighted by molar-refractivity contribution is 5.93. The zero-order chi connectivity index (χ0) is 10.1. The molecule has 0 radical (unpaired) electrons. The molecule has 0 atom stereocenters. The van der Waals surface area contributed by atoms with Crippen LogP contribution in [0, 0.1) is 6.92 Å². The summed E-state index contributed by atoms with van der Waals surface area (Å²) in [6, 6.07) is 3.77. The monoisotopic (exact) mass is 189 g/mol. The number of H-pyrrole nitrogens is 1. The number of rotatable bonds is 1. The topological polar surface area (TPSA) is 93.1 Å². The van der Waals surface area contributed by atoms with E-state index in [0.29, 0.717) is 0 Å². The molecule has 5 nitrogen and oxygen atoms in total. The van der Waals surface area contributed by atoms with Crippen molar-refractivity contribution in [2.24, 2.45) is 16.5 Å². The number of guanidine groups is 1. The SMILES string of the molecule is Cc1[nH]c2ncccc2c1N=C(N)N. The number of aromatic amines is 1. The van der Waals surface area contributed by atoms with Crippen molar-refractivity contribution in [1.82, 2.24) is 9.97 Å². The Bertz CT molecular complexity index is 493. The summed E-state index contributed by atoms with van der Waals surface area (Å²) >= 11 is 0. The maximum absolute atomic E-state index is 5.34. The van der Waals surface area contributed by atoms with Gasteiger partial charge in [-0.05, 0) is 19.1 Å². The highest BCUT2D eigenvalue weighted by Gasteiger charge is 2.07. The number of aromatic nitrogens is 2. The number of hydrogen-bond acceptors (Lipinski definition) is 2. The van der Waals surface area contributed by atoms with E-state index in [1.165, 1.54) is 0 Å². The molecular formula is C9H11N5. The van der Waals surface area contributed by atoms with Gasteiger partial charge in [-0.3, -0.25) is 0 Å². The van der Waals surface area contributed by atoms with Gasteiger partial charge in [-0.2, -0.15) is 0 Å². The van der Waals surface area contributed by atoms with Crippen LogP contribution in [0.15, 0.2) is 23.3 Å². The molecule has 0 amide bonds. The molecule has 0 saturated carbocycles. The van der Waals surface area contributed by atoms with Gasteiger partial charge in [-0.25, -0.2) is 9.98 Å². The van der Waals surface area contributed by atoms with Gasteiger partial charge in [0, 0.05) is 17.3 Å². The van der Waals surface area contributed by atoms with Crippen LogP contribution < -0.4 is 11.5 Å². The minimum atomic E-state index is 0.0536. The Hall–Kier alpha value is -2.04. The average Bonchev–Trinajstić information content (AvgIpc) is 2.43. The smallest absolute Gasteiger partial charge is 0.191 e. The van der Waals surface area contributed by atoms with Gasteiger partial charge in [0.25, 0.3) is 0 Å². The van der Waals surface area contributed by atoms with E-state index >= 15 is 0 Å². The maximum atomic E-state index is 5.34. The first-order valence-electron chi connectivity index (χ1n) is 4.21. The number of fused-ring (bicyclic) bond motifs is 1. The number of nitrogens with zero attached hydrogens (tertiary/aromatic N) is 2. The molecule has 5 N–H and O–H groups in total. The lowest BCUT2D eigenvalue weighted by molar-refractivity contribution is 1.24. The quantitative estimate of drug-likeness (QED) is 0.457. The molecule has 2 heterocycles. The molecule has 0 aromatic carbocycles. The van der Waals surface area contributed by atoms with Crippen molar-refractivity contribution in [1.29, 1.82) is 0 Å². The molecule has 72 valence electrons. The molecule has 0 saturated heterocycles. The average molecular weight is 189 g/mol. The van der Waals surface area contributed by atoms with Gasteiger partial charge in [0.15, 0.2) is 5.96 Å². The van der Waals surface area contributed by atoms with E-state index in [9.17, 15) is 0 Å². The van der Waals surface area contributed by atoms with E-state index in [0.717, 1.165) is 22.4 Å². The Morgan fingerprint density at radius 3 is 3.00 bits per heavy atom. The van der Waals surface area contributed by atoms with E-state index in [4.69, 9.17) is 11.5 Å². The molecule has 5 heteroatoms. The summed E-state index contributed by atoms with van der Waals surface area (Å²) in [5.41, 5.74) is 13.1. The summed E-state index contributed by atoms with van der Waals surface area (Å²) in [5, 5.41) is 0.929. The predicted molar refractivity (Wildman–Crippen MR) is 56.3 cm³/mol. The second kappa shape index (κ2) is 3.02. The molecule has 0 unspecified atom stereocenters. The van der Waals surface area contributed by atoms with Crippen molar-refractivity contribution < 1.29 is 0 Å². The van der Waals surface area contributed by atoms with E-state index in [2.05, 4.69) is 15.0 Å². The maximum Gasteiger partial charge on any atom is 0.191 e. The number of nitrogens with two attached hydrogens (primary N) is 2. The van der Waals surface area contributed by atoms with Crippen molar-refractivity contribution in [3.05, 3.63) is 24.0 Å². The first-order valence-corrected chi connectivity index (χ1v) is 4.21. The second-order valence-electron chi connectivity index (χ2n) is 3.03. The fraction of sp³-hybridized carbons (Fsp3) is 0.111. The molecule has 2 rings (SSSR count). The van der Waals surface area contributed by atoms with Crippen molar-refractivity contribution in [3.8, 4) is 0 Å². The highest BCUT2D eigenvalue weighted by atomic mass is 15.0. The number of hydrogen-bond donors (Lipinski definition) is 3. The number of nitrogens with one attached hydrogen (secondary N) is 1. The Morgan fingerprint density at radius 1 is 1.50 bits per heavy atom. The van der Waals surface area contributed by atoms with Gasteiger partial charge < -0.3 is 16.5 Å². The van der Waals surface area contributed by atoms with Crippen molar-refractivity contribution in [3.63, 3.8) is 0 Å². The largest absolute Gasteiger partial charge is 0.370 e. The minimum Gasteiger partial charge on any atom is -0.370 e. The third kappa shape index (κ3) is 1.28. The van der Waals surface area contributed by atoms with Crippen molar-refractivity contribution in [2.45, 2.75) is 6.92 Å². The third-order valence-corrected chi connectivity index (χ3v) is 1.96. The van der Waals surface area contributed by atoms with Gasteiger partial charge in [0.1, 0.15) is 5.65 Å².